The molecule has 0 spiro atoms. The number of ether oxygens (including phenoxy) is 2. The first-order valence-corrected chi connectivity index (χ1v) is 13.9. The first-order chi connectivity index (χ1) is 14.8. The van der Waals surface area contributed by atoms with E-state index in [1.165, 1.54) is 18.2 Å². The molecule has 2 rings (SSSR count). The van der Waals surface area contributed by atoms with Gasteiger partial charge >= 0.3 is 4.38 Å². The highest BCUT2D eigenvalue weighted by atomic mass is 32.3. The van der Waals surface area contributed by atoms with E-state index in [1.54, 1.807) is 0 Å². The third kappa shape index (κ3) is 6.30. The number of benzene rings is 1. The van der Waals surface area contributed by atoms with Crippen LogP contribution in [0.15, 0.2) is 23.1 Å². The number of sulfone groups is 2. The molecule has 0 radical (unpaired) electrons. The van der Waals surface area contributed by atoms with Gasteiger partial charge in [-0.3, -0.25) is 0 Å². The molecule has 1 fully saturated rings. The molecule has 0 heterocycles. The van der Waals surface area contributed by atoms with Gasteiger partial charge in [-0.15, -0.1) is 4.79 Å². The van der Waals surface area contributed by atoms with Crippen molar-refractivity contribution < 1.29 is 31.1 Å². The molecule has 0 atom stereocenters. The Morgan fingerprint density at radius 2 is 1.55 bits per heavy atom. The maximum atomic E-state index is 13.1. The summed E-state index contributed by atoms with van der Waals surface area (Å²) >= 11 is 0. The van der Waals surface area contributed by atoms with Gasteiger partial charge in [-0.2, -0.15) is 0 Å². The molecule has 0 unspecified atom stereocenters. The molecule has 1 aromatic rings. The van der Waals surface area contributed by atoms with Crippen molar-refractivity contribution in [1.82, 2.24) is 0 Å². The Balaban J connectivity index is 2.41. The second kappa shape index (κ2) is 11.6. The summed E-state index contributed by atoms with van der Waals surface area (Å²) in [7, 11) is -8.88. The zero-order valence-electron chi connectivity index (χ0n) is 18.2. The molecule has 1 saturated carbocycles. The molecule has 1 aliphatic carbocycles. The molecule has 8 nitrogen and oxygen atoms in total. The smallest absolute Gasteiger partial charge is 0.490 e. The van der Waals surface area contributed by atoms with Crippen LogP contribution in [0.2, 0.25) is 0 Å². The Kier molecular flexibility index (Phi) is 9.53. The SMILES string of the molecule is CCCCOc1ccc(S(=O)(=O)C(=[N+]=[N-])S(=O)(=O)C2CCCCC2)cc1OCCCC. The molecular weight excluding hydrogens is 440 g/mol. The van der Waals surface area contributed by atoms with Gasteiger partial charge in [0.2, 0.25) is 0 Å². The Morgan fingerprint density at radius 1 is 0.968 bits per heavy atom. The van der Waals surface area contributed by atoms with E-state index in [0.29, 0.717) is 44.6 Å². The number of unbranched alkanes of at least 4 members (excludes halogenated alkanes) is 2. The monoisotopic (exact) mass is 472 g/mol. The lowest BCUT2D eigenvalue weighted by atomic mass is 10.0. The summed E-state index contributed by atoms with van der Waals surface area (Å²) in [6.45, 7) is 4.85. The minimum Gasteiger partial charge on any atom is -0.490 e. The predicted octanol–water partition coefficient (Wildman–Crippen LogP) is 4.15. The van der Waals surface area contributed by atoms with Gasteiger partial charge in [0.15, 0.2) is 11.5 Å². The van der Waals surface area contributed by atoms with Gasteiger partial charge in [-0.05, 0) is 37.8 Å². The Bertz CT molecular complexity index is 993. The van der Waals surface area contributed by atoms with Crippen LogP contribution in [0.1, 0.15) is 71.6 Å². The molecule has 0 saturated heterocycles. The second-order valence-corrected chi connectivity index (χ2v) is 12.0. The van der Waals surface area contributed by atoms with E-state index in [-0.39, 0.29) is 10.6 Å². The van der Waals surface area contributed by atoms with Crippen LogP contribution in [0.3, 0.4) is 0 Å². The van der Waals surface area contributed by atoms with Gasteiger partial charge in [-0.25, -0.2) is 16.8 Å². The van der Waals surface area contributed by atoms with Crippen LogP contribution < -0.4 is 9.47 Å². The summed E-state index contributed by atoms with van der Waals surface area (Å²) in [6, 6.07) is 3.95. The summed E-state index contributed by atoms with van der Waals surface area (Å²) in [6.07, 6.45) is 6.43. The number of nitrogens with zero attached hydrogens (tertiary/aromatic N) is 2. The molecule has 1 aromatic carbocycles. The Hall–Kier alpha value is -1.90. The Morgan fingerprint density at radius 3 is 2.10 bits per heavy atom. The van der Waals surface area contributed by atoms with Crippen LogP contribution in [-0.4, -0.2) is 44.5 Å². The quantitative estimate of drug-likeness (QED) is 0.166. The highest BCUT2D eigenvalue weighted by molar-refractivity contribution is 8.31. The maximum absolute atomic E-state index is 13.1. The van der Waals surface area contributed by atoms with Gasteiger partial charge in [0.1, 0.15) is 0 Å². The summed E-state index contributed by atoms with van der Waals surface area (Å²) in [5.74, 6) is 0.610. The predicted molar refractivity (Wildman–Crippen MR) is 119 cm³/mol. The molecule has 0 amide bonds. The van der Waals surface area contributed by atoms with Crippen molar-refractivity contribution in [1.29, 1.82) is 0 Å². The molecule has 31 heavy (non-hydrogen) atoms. The molecule has 0 N–H and O–H groups in total. The van der Waals surface area contributed by atoms with Crippen LogP contribution in [0.5, 0.6) is 11.5 Å². The number of hydrogen-bond acceptors (Lipinski definition) is 6. The van der Waals surface area contributed by atoms with Crippen molar-refractivity contribution in [3.05, 3.63) is 23.7 Å². The summed E-state index contributed by atoms with van der Waals surface area (Å²) in [4.78, 5) is 2.43. The molecule has 1 aliphatic rings. The standard InChI is InChI=1S/C21H32N2O6S2/c1-3-5-14-28-19-13-12-18(16-20(19)29-15-6-4-2)31(26,27)21(23-22)30(24,25)17-10-8-7-9-11-17/h12-13,16-17H,3-11,14-15H2,1-2H3. The minimum absolute atomic E-state index is 0.220. The molecule has 0 aliphatic heterocycles. The second-order valence-electron chi connectivity index (χ2n) is 7.69. The van der Waals surface area contributed by atoms with Gasteiger partial charge in [0.05, 0.1) is 23.4 Å². The zero-order valence-corrected chi connectivity index (χ0v) is 19.9. The summed E-state index contributed by atoms with van der Waals surface area (Å²) < 4.78 is 62.4. The third-order valence-corrected chi connectivity index (χ3v) is 9.97. The van der Waals surface area contributed by atoms with Crippen molar-refractivity contribution in [3.8, 4) is 11.5 Å². The van der Waals surface area contributed by atoms with Crippen LogP contribution in [-0.2, 0) is 19.7 Å². The average molecular weight is 473 g/mol. The minimum atomic E-state index is -4.58. The van der Waals surface area contributed by atoms with Gasteiger partial charge in [0, 0.05) is 6.07 Å². The molecular formula is C21H32N2O6S2. The molecule has 0 aromatic heterocycles. The van der Waals surface area contributed by atoms with E-state index in [0.717, 1.165) is 32.1 Å². The highest BCUT2D eigenvalue weighted by Gasteiger charge is 2.47. The lowest BCUT2D eigenvalue weighted by Gasteiger charge is -2.19. The first kappa shape index (κ1) is 25.4. The van der Waals surface area contributed by atoms with E-state index in [4.69, 9.17) is 9.47 Å². The lowest BCUT2D eigenvalue weighted by molar-refractivity contribution is 0.00370. The molecule has 10 heteroatoms. The summed E-state index contributed by atoms with van der Waals surface area (Å²) in [5.41, 5.74) is 9.40. The molecule has 0 bridgehead atoms. The third-order valence-electron chi connectivity index (χ3n) is 5.28. The summed E-state index contributed by atoms with van der Waals surface area (Å²) in [5, 5.41) is -0.862. The lowest BCUT2D eigenvalue weighted by Crippen LogP contribution is -2.35. The fraction of sp³-hybridized carbons (Fsp3) is 0.667. The van der Waals surface area contributed by atoms with Crippen molar-refractivity contribution in [2.75, 3.05) is 13.2 Å². The van der Waals surface area contributed by atoms with Gasteiger partial charge in [-0.1, -0.05) is 46.0 Å². The fourth-order valence-corrected chi connectivity index (χ4v) is 7.51. The number of hydrogen-bond donors (Lipinski definition) is 0. The van der Waals surface area contributed by atoms with Crippen LogP contribution in [0.4, 0.5) is 0 Å². The van der Waals surface area contributed by atoms with Crippen molar-refractivity contribution in [2.24, 2.45) is 0 Å². The first-order valence-electron chi connectivity index (χ1n) is 10.9. The fourth-order valence-electron chi connectivity index (χ4n) is 3.42. The average Bonchev–Trinajstić information content (AvgIpc) is 2.75. The van der Waals surface area contributed by atoms with Gasteiger partial charge in [0.25, 0.3) is 19.7 Å². The van der Waals surface area contributed by atoms with Crippen molar-refractivity contribution >= 4 is 24.1 Å². The van der Waals surface area contributed by atoms with E-state index in [9.17, 15) is 22.4 Å². The topological polar surface area (TPSA) is 123 Å². The largest absolute Gasteiger partial charge is 0.499 e. The normalized spacial score (nSPS) is 15.3. The van der Waals surface area contributed by atoms with E-state index >= 15 is 0 Å². The van der Waals surface area contributed by atoms with E-state index in [2.05, 4.69) is 4.79 Å². The van der Waals surface area contributed by atoms with Crippen LogP contribution in [0, 0.1) is 0 Å². The van der Waals surface area contributed by atoms with Crippen LogP contribution >= 0.6 is 0 Å². The molecule has 174 valence electrons. The number of rotatable bonds is 10. The maximum Gasteiger partial charge on any atom is 0.499 e. The van der Waals surface area contributed by atoms with E-state index < -0.39 is 29.3 Å². The van der Waals surface area contributed by atoms with E-state index in [1.807, 2.05) is 13.8 Å². The highest BCUT2D eigenvalue weighted by Crippen LogP contribution is 2.33. The Labute approximate surface area is 185 Å². The van der Waals surface area contributed by atoms with Gasteiger partial charge < -0.3 is 15.0 Å². The zero-order chi connectivity index (χ0) is 22.9. The van der Waals surface area contributed by atoms with Crippen LogP contribution in [0.25, 0.3) is 5.53 Å². The van der Waals surface area contributed by atoms with Crippen molar-refractivity contribution in [2.45, 2.75) is 81.8 Å². The van der Waals surface area contributed by atoms with Crippen molar-refractivity contribution in [3.63, 3.8) is 0 Å².